The van der Waals surface area contributed by atoms with Crippen molar-refractivity contribution >= 4 is 23.0 Å². The second kappa shape index (κ2) is 10.9. The van der Waals surface area contributed by atoms with Gasteiger partial charge in [0, 0.05) is 12.2 Å². The Balaban J connectivity index is 1.68. The van der Waals surface area contributed by atoms with Gasteiger partial charge in [-0.05, 0) is 85.1 Å². The molecule has 7 heteroatoms. The highest BCUT2D eigenvalue weighted by atomic mass is 32.1. The summed E-state index contributed by atoms with van der Waals surface area (Å²) < 4.78 is 23.0. The van der Waals surface area contributed by atoms with Gasteiger partial charge < -0.3 is 29.2 Å². The first-order valence-corrected chi connectivity index (χ1v) is 12.0. The van der Waals surface area contributed by atoms with Crippen LogP contribution < -0.4 is 24.3 Å². The van der Waals surface area contributed by atoms with Gasteiger partial charge in [-0.25, -0.2) is 0 Å². The fraction of sp³-hybridized carbons (Fsp3) is 0.321. The first kappa shape index (κ1) is 24.7. The van der Waals surface area contributed by atoms with Crippen LogP contribution in [-0.2, 0) is 6.42 Å². The Morgan fingerprint density at radius 1 is 0.914 bits per heavy atom. The molecule has 0 radical (unpaired) electrons. The van der Waals surface area contributed by atoms with Crippen molar-refractivity contribution in [3.05, 3.63) is 76.9 Å². The van der Waals surface area contributed by atoms with Gasteiger partial charge in [0.05, 0.1) is 27.4 Å². The number of hydrogen-bond acceptors (Lipinski definition) is 5. The molecule has 4 rings (SSSR count). The van der Waals surface area contributed by atoms with E-state index < -0.39 is 0 Å². The third-order valence-corrected chi connectivity index (χ3v) is 6.70. The molecule has 0 aliphatic carbocycles. The third-order valence-electron chi connectivity index (χ3n) is 6.36. The van der Waals surface area contributed by atoms with Crippen molar-refractivity contribution in [3.8, 4) is 23.0 Å². The molecule has 0 fully saturated rings. The molecule has 0 aromatic heterocycles. The zero-order chi connectivity index (χ0) is 24.9. The molecule has 1 aliphatic heterocycles. The topological polar surface area (TPSA) is 52.2 Å². The van der Waals surface area contributed by atoms with Crippen molar-refractivity contribution in [1.29, 1.82) is 0 Å². The first-order valence-electron chi connectivity index (χ1n) is 11.6. The third kappa shape index (κ3) is 5.30. The summed E-state index contributed by atoms with van der Waals surface area (Å²) in [5.74, 6) is 2.79. The van der Waals surface area contributed by atoms with Crippen molar-refractivity contribution in [3.63, 3.8) is 0 Å². The lowest BCUT2D eigenvalue weighted by atomic mass is 9.92. The molecule has 0 saturated carbocycles. The average Bonchev–Trinajstić information content (AvgIpc) is 2.88. The molecule has 184 valence electrons. The van der Waals surface area contributed by atoms with E-state index in [1.165, 1.54) is 11.1 Å². The average molecular weight is 493 g/mol. The van der Waals surface area contributed by atoms with E-state index in [1.807, 2.05) is 30.3 Å². The van der Waals surface area contributed by atoms with Crippen LogP contribution in [0, 0.1) is 13.8 Å². The van der Waals surface area contributed by atoms with E-state index in [-0.39, 0.29) is 6.04 Å². The van der Waals surface area contributed by atoms with Gasteiger partial charge in [0.25, 0.3) is 0 Å². The van der Waals surface area contributed by atoms with Gasteiger partial charge in [0.1, 0.15) is 6.61 Å². The number of methoxy groups -OCH3 is 3. The summed E-state index contributed by atoms with van der Waals surface area (Å²) in [6.07, 6.45) is 0.829. The van der Waals surface area contributed by atoms with E-state index in [0.29, 0.717) is 29.0 Å². The standard InChI is InChI=1S/C28H32N2O4S/c1-18-10-11-19(2)22(14-18)29-28(35)30-13-12-20-15-26(32-4)27(33-5)16-21(20)23(30)17-34-25-9-7-6-8-24(25)31-3/h6-11,14-16,23H,12-13,17H2,1-5H3,(H,29,35). The number of thiocarbonyl (C=S) groups is 1. The Bertz CT molecular complexity index is 1210. The van der Waals surface area contributed by atoms with Gasteiger partial charge in [-0.1, -0.05) is 24.3 Å². The summed E-state index contributed by atoms with van der Waals surface area (Å²) >= 11 is 5.93. The number of aryl methyl sites for hydroxylation is 2. The Morgan fingerprint density at radius 3 is 2.31 bits per heavy atom. The molecule has 1 atom stereocenters. The number of anilines is 1. The number of nitrogens with one attached hydrogen (secondary N) is 1. The van der Waals surface area contributed by atoms with E-state index in [2.05, 4.69) is 48.3 Å². The highest BCUT2D eigenvalue weighted by Crippen LogP contribution is 2.39. The summed E-state index contributed by atoms with van der Waals surface area (Å²) in [6.45, 7) is 5.29. The van der Waals surface area contributed by atoms with Gasteiger partial charge in [0.15, 0.2) is 28.1 Å². The second-order valence-corrected chi connectivity index (χ2v) is 8.96. The van der Waals surface area contributed by atoms with Crippen LogP contribution >= 0.6 is 12.2 Å². The minimum Gasteiger partial charge on any atom is -0.493 e. The number of ether oxygens (including phenoxy) is 4. The SMILES string of the molecule is COc1cc2c(cc1OC)C(COc1ccccc1OC)N(C(=S)Nc1cc(C)ccc1C)CC2. The quantitative estimate of drug-likeness (QED) is 0.424. The van der Waals surface area contributed by atoms with E-state index in [4.69, 9.17) is 31.2 Å². The normalized spacial score (nSPS) is 14.7. The first-order chi connectivity index (χ1) is 16.9. The van der Waals surface area contributed by atoms with Crippen LogP contribution in [0.4, 0.5) is 5.69 Å². The van der Waals surface area contributed by atoms with E-state index in [1.54, 1.807) is 21.3 Å². The Hall–Kier alpha value is -3.45. The number of benzene rings is 3. The predicted molar refractivity (Wildman–Crippen MR) is 143 cm³/mol. The lowest BCUT2D eigenvalue weighted by Gasteiger charge is -2.39. The van der Waals surface area contributed by atoms with Crippen LogP contribution in [0.3, 0.4) is 0 Å². The fourth-order valence-corrected chi connectivity index (χ4v) is 4.74. The highest BCUT2D eigenvalue weighted by Gasteiger charge is 2.32. The zero-order valence-electron chi connectivity index (χ0n) is 20.9. The van der Waals surface area contributed by atoms with Gasteiger partial charge in [0.2, 0.25) is 0 Å². The van der Waals surface area contributed by atoms with Crippen LogP contribution in [0.2, 0.25) is 0 Å². The Labute approximate surface area is 212 Å². The number of hydrogen-bond donors (Lipinski definition) is 1. The molecule has 0 spiro atoms. The molecule has 6 nitrogen and oxygen atoms in total. The molecule has 1 N–H and O–H groups in total. The summed E-state index contributed by atoms with van der Waals surface area (Å²) in [5, 5.41) is 4.13. The molecule has 35 heavy (non-hydrogen) atoms. The zero-order valence-corrected chi connectivity index (χ0v) is 21.7. The van der Waals surface area contributed by atoms with Crippen LogP contribution in [0.25, 0.3) is 0 Å². The summed E-state index contributed by atoms with van der Waals surface area (Å²) in [5.41, 5.74) is 5.63. The maximum Gasteiger partial charge on any atom is 0.174 e. The fourth-order valence-electron chi connectivity index (χ4n) is 4.42. The molecule has 0 bridgehead atoms. The van der Waals surface area contributed by atoms with Crippen molar-refractivity contribution in [1.82, 2.24) is 4.90 Å². The minimum atomic E-state index is -0.131. The van der Waals surface area contributed by atoms with Crippen LogP contribution in [0.5, 0.6) is 23.0 Å². The number of rotatable bonds is 7. The van der Waals surface area contributed by atoms with Crippen molar-refractivity contribution in [2.24, 2.45) is 0 Å². The maximum atomic E-state index is 6.30. The molecule has 1 aliphatic rings. The molecule has 0 amide bonds. The smallest absolute Gasteiger partial charge is 0.174 e. The van der Waals surface area contributed by atoms with Gasteiger partial charge in [-0.2, -0.15) is 0 Å². The molecule has 3 aromatic rings. The lowest BCUT2D eigenvalue weighted by molar-refractivity contribution is 0.185. The van der Waals surface area contributed by atoms with Crippen molar-refractivity contribution < 1.29 is 18.9 Å². The Morgan fingerprint density at radius 2 is 1.60 bits per heavy atom. The van der Waals surface area contributed by atoms with Gasteiger partial charge in [-0.3, -0.25) is 0 Å². The highest BCUT2D eigenvalue weighted by molar-refractivity contribution is 7.80. The summed E-state index contributed by atoms with van der Waals surface area (Å²) in [7, 11) is 4.95. The van der Waals surface area contributed by atoms with Gasteiger partial charge >= 0.3 is 0 Å². The van der Waals surface area contributed by atoms with E-state index in [9.17, 15) is 0 Å². The molecular formula is C28H32N2O4S. The maximum absolute atomic E-state index is 6.30. The second-order valence-electron chi connectivity index (χ2n) is 8.58. The summed E-state index contributed by atoms with van der Waals surface area (Å²) in [6, 6.07) is 18.0. The lowest BCUT2D eigenvalue weighted by Crippen LogP contribution is -2.44. The number of nitrogens with zero attached hydrogens (tertiary/aromatic N) is 1. The van der Waals surface area contributed by atoms with Gasteiger partial charge in [-0.15, -0.1) is 0 Å². The van der Waals surface area contributed by atoms with Crippen LogP contribution in [0.15, 0.2) is 54.6 Å². The van der Waals surface area contributed by atoms with Crippen LogP contribution in [0.1, 0.15) is 28.3 Å². The minimum absolute atomic E-state index is 0.131. The number of para-hydroxylation sites is 2. The van der Waals surface area contributed by atoms with E-state index >= 15 is 0 Å². The monoisotopic (exact) mass is 492 g/mol. The molecule has 1 heterocycles. The molecule has 0 saturated heterocycles. The predicted octanol–water partition coefficient (Wildman–Crippen LogP) is 5.70. The van der Waals surface area contributed by atoms with Crippen molar-refractivity contribution in [2.45, 2.75) is 26.3 Å². The Kier molecular flexibility index (Phi) is 7.66. The largest absolute Gasteiger partial charge is 0.493 e. The molecule has 1 unspecified atom stereocenters. The molecular weight excluding hydrogens is 460 g/mol. The van der Waals surface area contributed by atoms with Crippen molar-refractivity contribution in [2.75, 3.05) is 39.8 Å². The molecule has 3 aromatic carbocycles. The summed E-state index contributed by atoms with van der Waals surface area (Å²) in [4.78, 5) is 2.20. The van der Waals surface area contributed by atoms with E-state index in [0.717, 1.165) is 35.5 Å². The van der Waals surface area contributed by atoms with Crippen LogP contribution in [-0.4, -0.2) is 44.5 Å². The number of fused-ring (bicyclic) bond motifs is 1.